The molecule has 14 nitrogen and oxygen atoms in total. The molecule has 176 valence electrons. The van der Waals surface area contributed by atoms with Crippen LogP contribution in [0.2, 0.25) is 0 Å². The van der Waals surface area contributed by atoms with Gasteiger partial charge < -0.3 is 47.4 Å². The second kappa shape index (κ2) is 36.2. The monoisotopic (exact) mass is 433 g/mol. The minimum Gasteiger partial charge on any atom is -0.481 e. The van der Waals surface area contributed by atoms with E-state index in [2.05, 4.69) is 5.32 Å². The van der Waals surface area contributed by atoms with Crippen molar-refractivity contribution in [3.63, 3.8) is 0 Å². The Hall–Kier alpha value is -2.81. The number of carboxylic acids is 5. The molecule has 0 saturated carbocycles. The normalized spacial score (nSPS) is 8.55. The Morgan fingerprint density at radius 1 is 0.724 bits per heavy atom. The van der Waals surface area contributed by atoms with Crippen molar-refractivity contribution in [1.82, 2.24) is 5.32 Å². The summed E-state index contributed by atoms with van der Waals surface area (Å²) in [5.41, 5.74) is 10.6. The Bertz CT molecular complexity index is 329. The predicted molar refractivity (Wildman–Crippen MR) is 104 cm³/mol. The number of carbonyl (C=O) groups is 5. The number of hydrogen-bond acceptors (Lipinski definition) is 9. The standard InChI is InChI=1S/C5H15N3O.5C2H4O2/c6-1-2-8-3-5(7)4-9;5*1-2(3)4/h5,8-9H,1-4,6-7H2;5*1H3,(H,3,4)/t5-;;;;;/m1...../s1. The summed E-state index contributed by atoms with van der Waals surface area (Å²) in [7, 11) is 0. The largest absolute Gasteiger partial charge is 0.481 e. The summed E-state index contributed by atoms with van der Waals surface area (Å²) < 4.78 is 0. The van der Waals surface area contributed by atoms with Crippen LogP contribution >= 0.6 is 0 Å². The first-order valence-corrected chi connectivity index (χ1v) is 7.72. The number of nitrogens with two attached hydrogens (primary N) is 2. The summed E-state index contributed by atoms with van der Waals surface area (Å²) in [4.78, 5) is 45.0. The van der Waals surface area contributed by atoms with Gasteiger partial charge >= 0.3 is 0 Å². The van der Waals surface area contributed by atoms with Crippen LogP contribution in [-0.4, -0.2) is 92.8 Å². The number of aliphatic hydroxyl groups excluding tert-OH is 1. The summed E-state index contributed by atoms with van der Waals surface area (Å²) >= 11 is 0. The number of carboxylic acid groups (broad SMARTS) is 5. The van der Waals surface area contributed by atoms with Gasteiger partial charge in [0.2, 0.25) is 0 Å². The lowest BCUT2D eigenvalue weighted by Gasteiger charge is -2.07. The van der Waals surface area contributed by atoms with E-state index in [9.17, 15) is 0 Å². The molecule has 0 rings (SSSR count). The number of hydrogen-bond donors (Lipinski definition) is 9. The van der Waals surface area contributed by atoms with Crippen molar-refractivity contribution in [2.45, 2.75) is 40.7 Å². The van der Waals surface area contributed by atoms with Crippen molar-refractivity contribution in [2.75, 3.05) is 26.2 Å². The van der Waals surface area contributed by atoms with Crippen molar-refractivity contribution in [3.05, 3.63) is 0 Å². The van der Waals surface area contributed by atoms with Gasteiger partial charge in [-0.15, -0.1) is 0 Å². The van der Waals surface area contributed by atoms with Gasteiger partial charge in [-0.25, -0.2) is 0 Å². The zero-order valence-electron chi connectivity index (χ0n) is 17.3. The van der Waals surface area contributed by atoms with E-state index in [0.717, 1.165) is 41.2 Å². The molecule has 0 aliphatic rings. The smallest absolute Gasteiger partial charge is 0.300 e. The molecule has 0 aromatic carbocycles. The van der Waals surface area contributed by atoms with Crippen LogP contribution in [0, 0.1) is 0 Å². The van der Waals surface area contributed by atoms with E-state index in [4.69, 9.17) is 66.1 Å². The molecule has 0 fully saturated rings. The van der Waals surface area contributed by atoms with Crippen LogP contribution in [0.1, 0.15) is 34.6 Å². The van der Waals surface area contributed by atoms with Gasteiger partial charge in [-0.3, -0.25) is 24.0 Å². The molecule has 0 aliphatic carbocycles. The first kappa shape index (κ1) is 40.8. The van der Waals surface area contributed by atoms with E-state index < -0.39 is 29.8 Å². The zero-order valence-corrected chi connectivity index (χ0v) is 17.3. The molecule has 0 aliphatic heterocycles. The van der Waals surface area contributed by atoms with Crippen molar-refractivity contribution in [2.24, 2.45) is 11.5 Å². The van der Waals surface area contributed by atoms with Gasteiger partial charge in [-0.2, -0.15) is 0 Å². The van der Waals surface area contributed by atoms with E-state index >= 15 is 0 Å². The maximum Gasteiger partial charge on any atom is 0.300 e. The van der Waals surface area contributed by atoms with E-state index in [0.29, 0.717) is 13.1 Å². The van der Waals surface area contributed by atoms with E-state index in [1.807, 2.05) is 0 Å². The molecular formula is C15H35N3O11. The lowest BCUT2D eigenvalue weighted by molar-refractivity contribution is -0.135. The van der Waals surface area contributed by atoms with Crippen molar-refractivity contribution >= 4 is 29.8 Å². The molecule has 11 N–H and O–H groups in total. The summed E-state index contributed by atoms with van der Waals surface area (Å²) in [6, 6.07) is -0.156. The first-order chi connectivity index (χ1) is 13.0. The first-order valence-electron chi connectivity index (χ1n) is 7.72. The predicted octanol–water partition coefficient (Wildman–Crippen LogP) is -1.69. The fourth-order valence-corrected chi connectivity index (χ4v) is 0.454. The molecule has 0 radical (unpaired) electrons. The van der Waals surface area contributed by atoms with Crippen LogP contribution in [0.4, 0.5) is 0 Å². The topological polar surface area (TPSA) is 271 Å². The van der Waals surface area contributed by atoms with Crippen molar-refractivity contribution in [3.8, 4) is 0 Å². The van der Waals surface area contributed by atoms with Crippen LogP contribution < -0.4 is 16.8 Å². The summed E-state index contributed by atoms with van der Waals surface area (Å²) in [6.45, 7) is 7.44. The van der Waals surface area contributed by atoms with Gasteiger partial charge in [0, 0.05) is 60.3 Å². The number of nitrogens with one attached hydrogen (secondary N) is 1. The highest BCUT2D eigenvalue weighted by atomic mass is 16.4. The maximum atomic E-state index is 9.00. The molecule has 0 spiro atoms. The average Bonchev–Trinajstić information content (AvgIpc) is 2.44. The molecule has 0 bridgehead atoms. The number of aliphatic hydroxyl groups is 1. The summed E-state index contributed by atoms with van der Waals surface area (Å²) in [6.07, 6.45) is 0. The molecular weight excluding hydrogens is 398 g/mol. The third kappa shape index (κ3) is 772. The SMILES string of the molecule is CC(=O)O.CC(=O)O.CC(=O)O.CC(=O)O.CC(=O)O.NCCNC[C@@H](N)CO. The van der Waals surface area contributed by atoms with Gasteiger partial charge in [0.15, 0.2) is 0 Å². The molecule has 14 heteroatoms. The Morgan fingerprint density at radius 3 is 1.07 bits per heavy atom. The fourth-order valence-electron chi connectivity index (χ4n) is 0.454. The zero-order chi connectivity index (χ0) is 25.0. The van der Waals surface area contributed by atoms with Crippen LogP contribution in [0.15, 0.2) is 0 Å². The van der Waals surface area contributed by atoms with Gasteiger partial charge in [0.05, 0.1) is 6.61 Å². The van der Waals surface area contributed by atoms with Crippen LogP contribution in [0.3, 0.4) is 0 Å². The molecule has 0 aromatic heterocycles. The second-order valence-corrected chi connectivity index (χ2v) is 4.53. The Kier molecular flexibility index (Phi) is 50.8. The maximum absolute atomic E-state index is 9.00. The number of aliphatic carboxylic acids is 5. The van der Waals surface area contributed by atoms with Gasteiger partial charge in [-0.05, 0) is 0 Å². The Labute approximate surface area is 169 Å². The minimum absolute atomic E-state index is 0.0254. The van der Waals surface area contributed by atoms with Crippen molar-refractivity contribution in [1.29, 1.82) is 0 Å². The van der Waals surface area contributed by atoms with Crippen LogP contribution in [0.25, 0.3) is 0 Å². The fraction of sp³-hybridized carbons (Fsp3) is 0.667. The van der Waals surface area contributed by atoms with Gasteiger partial charge in [-0.1, -0.05) is 0 Å². The highest BCUT2D eigenvalue weighted by Crippen LogP contribution is 1.69. The summed E-state index contributed by atoms with van der Waals surface area (Å²) in [5, 5.41) is 48.5. The van der Waals surface area contributed by atoms with Gasteiger partial charge in [0.25, 0.3) is 29.8 Å². The van der Waals surface area contributed by atoms with E-state index in [-0.39, 0.29) is 12.6 Å². The molecule has 0 heterocycles. The lowest BCUT2D eigenvalue weighted by atomic mass is 10.3. The third-order valence-electron chi connectivity index (χ3n) is 0.962. The molecule has 0 aromatic rings. The van der Waals surface area contributed by atoms with Crippen LogP contribution in [0.5, 0.6) is 0 Å². The highest BCUT2D eigenvalue weighted by Gasteiger charge is 1.96. The summed E-state index contributed by atoms with van der Waals surface area (Å²) in [5.74, 6) is -4.17. The molecule has 29 heavy (non-hydrogen) atoms. The average molecular weight is 433 g/mol. The highest BCUT2D eigenvalue weighted by molar-refractivity contribution is 5.63. The molecule has 0 saturated heterocycles. The molecule has 0 unspecified atom stereocenters. The van der Waals surface area contributed by atoms with E-state index in [1.54, 1.807) is 0 Å². The van der Waals surface area contributed by atoms with Gasteiger partial charge in [0.1, 0.15) is 0 Å². The quantitative estimate of drug-likeness (QED) is 0.219. The lowest BCUT2D eigenvalue weighted by Crippen LogP contribution is -2.38. The van der Waals surface area contributed by atoms with Crippen molar-refractivity contribution < 1.29 is 54.6 Å². The second-order valence-electron chi connectivity index (χ2n) is 4.53. The third-order valence-corrected chi connectivity index (χ3v) is 0.962. The van der Waals surface area contributed by atoms with Crippen LogP contribution in [-0.2, 0) is 24.0 Å². The molecule has 1 atom stereocenters. The van der Waals surface area contributed by atoms with E-state index in [1.165, 1.54) is 0 Å². The number of rotatable bonds is 5. The minimum atomic E-state index is -0.833. The Morgan fingerprint density at radius 2 is 0.931 bits per heavy atom. The molecule has 0 amide bonds. The Balaban J connectivity index is -0.0000000575.